The van der Waals surface area contributed by atoms with Crippen LogP contribution in [0.4, 0.5) is 0 Å². The molecule has 2 aliphatic rings. The number of aliphatic imine (C=N–C) groups is 1. The van der Waals surface area contributed by atoms with Crippen molar-refractivity contribution < 1.29 is 8.42 Å². The van der Waals surface area contributed by atoms with E-state index < -0.39 is 9.84 Å². The third kappa shape index (κ3) is 2.05. The average molecular weight is 229 g/mol. The zero-order chi connectivity index (χ0) is 10.9. The van der Waals surface area contributed by atoms with E-state index in [1.54, 1.807) is 0 Å². The minimum atomic E-state index is -3.43. The van der Waals surface area contributed by atoms with Crippen molar-refractivity contribution in [1.29, 1.82) is 0 Å². The van der Waals surface area contributed by atoms with Crippen LogP contribution in [-0.4, -0.2) is 26.0 Å². The van der Waals surface area contributed by atoms with Crippen molar-refractivity contribution in [2.75, 3.05) is 6.54 Å². The van der Waals surface area contributed by atoms with Gasteiger partial charge in [-0.25, -0.2) is 13.4 Å². The van der Waals surface area contributed by atoms with E-state index in [1.165, 1.54) is 19.0 Å². The first-order valence-electron chi connectivity index (χ1n) is 5.11. The highest BCUT2D eigenvalue weighted by atomic mass is 32.2. The molecule has 0 aromatic heterocycles. The maximum Gasteiger partial charge on any atom is 0.237 e. The minimum Gasteiger partial charge on any atom is -0.388 e. The molecule has 5 nitrogen and oxygen atoms in total. The lowest BCUT2D eigenvalue weighted by molar-refractivity contribution is 0.563. The van der Waals surface area contributed by atoms with Crippen molar-refractivity contribution >= 4 is 14.9 Å². The molecule has 1 saturated carbocycles. The molecule has 0 radical (unpaired) electrons. The first kappa shape index (κ1) is 10.6. The molecule has 15 heavy (non-hydrogen) atoms. The predicted molar refractivity (Wildman–Crippen MR) is 58.9 cm³/mol. The van der Waals surface area contributed by atoms with Crippen LogP contribution in [0.15, 0.2) is 16.2 Å². The Morgan fingerprint density at radius 2 is 2.13 bits per heavy atom. The van der Waals surface area contributed by atoms with Crippen LogP contribution in [0.2, 0.25) is 0 Å². The van der Waals surface area contributed by atoms with Crippen LogP contribution in [0.5, 0.6) is 0 Å². The number of sulfone groups is 1. The van der Waals surface area contributed by atoms with Crippen LogP contribution in [0.25, 0.3) is 0 Å². The van der Waals surface area contributed by atoms with E-state index in [1.807, 2.05) is 0 Å². The fourth-order valence-corrected chi connectivity index (χ4v) is 2.84. The lowest BCUT2D eigenvalue weighted by atomic mass is 10.2. The van der Waals surface area contributed by atoms with Gasteiger partial charge in [0, 0.05) is 12.6 Å². The fourth-order valence-electron chi connectivity index (χ4n) is 1.91. The molecule has 84 valence electrons. The van der Waals surface area contributed by atoms with Crippen molar-refractivity contribution in [3.05, 3.63) is 11.2 Å². The second-order valence-electron chi connectivity index (χ2n) is 3.92. The van der Waals surface area contributed by atoms with Gasteiger partial charge in [-0.1, -0.05) is 12.8 Å². The molecule has 0 aromatic carbocycles. The van der Waals surface area contributed by atoms with Crippen LogP contribution in [0, 0.1) is 0 Å². The van der Waals surface area contributed by atoms with Gasteiger partial charge >= 0.3 is 0 Å². The molecule has 0 spiro atoms. The zero-order valence-corrected chi connectivity index (χ0v) is 9.26. The molecule has 1 aliphatic heterocycles. The van der Waals surface area contributed by atoms with Crippen molar-refractivity contribution in [2.24, 2.45) is 10.7 Å². The number of nitrogens with two attached hydrogens (primary N) is 1. The number of nitrogens with one attached hydrogen (secondary N) is 1. The summed E-state index contributed by atoms with van der Waals surface area (Å²) < 4.78 is 23.1. The standard InChI is InChI=1S/C9H15N3O2S/c10-8-5-12-9(15(8,13)14)6-11-7-3-1-2-4-7/h5,7,11H,1-4,6,10H2. The van der Waals surface area contributed by atoms with Gasteiger partial charge < -0.3 is 11.1 Å². The van der Waals surface area contributed by atoms with E-state index in [2.05, 4.69) is 10.3 Å². The van der Waals surface area contributed by atoms with E-state index in [9.17, 15) is 8.42 Å². The molecular weight excluding hydrogens is 214 g/mol. The van der Waals surface area contributed by atoms with E-state index >= 15 is 0 Å². The monoisotopic (exact) mass is 229 g/mol. The largest absolute Gasteiger partial charge is 0.388 e. The summed E-state index contributed by atoms with van der Waals surface area (Å²) >= 11 is 0. The smallest absolute Gasteiger partial charge is 0.237 e. The molecule has 0 saturated heterocycles. The molecule has 2 rings (SSSR count). The average Bonchev–Trinajstić information content (AvgIpc) is 2.76. The lowest BCUT2D eigenvalue weighted by Crippen LogP contribution is -2.34. The van der Waals surface area contributed by atoms with Crippen molar-refractivity contribution in [3.63, 3.8) is 0 Å². The molecule has 1 heterocycles. The molecule has 0 atom stereocenters. The summed E-state index contributed by atoms with van der Waals surface area (Å²) in [5.41, 5.74) is 5.32. The van der Waals surface area contributed by atoms with E-state index in [0.717, 1.165) is 12.8 Å². The molecule has 3 N–H and O–H groups in total. The third-order valence-corrected chi connectivity index (χ3v) is 4.45. The summed E-state index contributed by atoms with van der Waals surface area (Å²) in [5, 5.41) is 3.20. The minimum absolute atomic E-state index is 0.145. The summed E-state index contributed by atoms with van der Waals surface area (Å²) in [4.78, 5) is 3.81. The molecule has 0 aromatic rings. The normalized spacial score (nSPS) is 25.3. The van der Waals surface area contributed by atoms with Gasteiger partial charge in [-0.15, -0.1) is 0 Å². The molecule has 0 unspecified atom stereocenters. The molecule has 1 fully saturated rings. The van der Waals surface area contributed by atoms with Gasteiger partial charge in [-0.2, -0.15) is 0 Å². The Balaban J connectivity index is 1.92. The molecule has 6 heteroatoms. The summed E-state index contributed by atoms with van der Waals surface area (Å²) in [5.74, 6) is 0. The highest BCUT2D eigenvalue weighted by Crippen LogP contribution is 2.18. The molecule has 1 aliphatic carbocycles. The van der Waals surface area contributed by atoms with Gasteiger partial charge in [0.2, 0.25) is 9.84 Å². The summed E-state index contributed by atoms with van der Waals surface area (Å²) in [6, 6.07) is 0.435. The van der Waals surface area contributed by atoms with Gasteiger partial charge in [-0.05, 0) is 12.8 Å². The Morgan fingerprint density at radius 3 is 2.67 bits per heavy atom. The molecule has 0 bridgehead atoms. The topological polar surface area (TPSA) is 84.5 Å². The van der Waals surface area contributed by atoms with Crippen LogP contribution in [0.1, 0.15) is 25.7 Å². The number of hydrogen-bond donors (Lipinski definition) is 2. The Kier molecular flexibility index (Phi) is 2.79. The molecule has 0 amide bonds. The highest BCUT2D eigenvalue weighted by molar-refractivity contribution is 8.10. The second-order valence-corrected chi connectivity index (χ2v) is 5.87. The number of rotatable bonds is 3. The van der Waals surface area contributed by atoms with Gasteiger partial charge in [0.05, 0.1) is 6.20 Å². The van der Waals surface area contributed by atoms with E-state index in [4.69, 9.17) is 5.73 Å². The summed E-state index contributed by atoms with van der Waals surface area (Å²) in [7, 11) is -3.43. The fraction of sp³-hybridized carbons (Fsp3) is 0.667. The Bertz CT molecular complexity index is 405. The van der Waals surface area contributed by atoms with Crippen molar-refractivity contribution in [2.45, 2.75) is 31.7 Å². The van der Waals surface area contributed by atoms with E-state index in [-0.39, 0.29) is 10.1 Å². The second kappa shape index (κ2) is 3.94. The first-order chi connectivity index (χ1) is 7.10. The lowest BCUT2D eigenvalue weighted by Gasteiger charge is -2.11. The van der Waals surface area contributed by atoms with Gasteiger partial charge in [0.15, 0.2) is 10.1 Å². The van der Waals surface area contributed by atoms with E-state index in [0.29, 0.717) is 12.6 Å². The van der Waals surface area contributed by atoms with Gasteiger partial charge in [0.25, 0.3) is 0 Å². The highest BCUT2D eigenvalue weighted by Gasteiger charge is 2.27. The van der Waals surface area contributed by atoms with Crippen LogP contribution >= 0.6 is 0 Å². The van der Waals surface area contributed by atoms with Crippen molar-refractivity contribution in [3.8, 4) is 0 Å². The maximum absolute atomic E-state index is 11.5. The quantitative estimate of drug-likeness (QED) is 0.719. The maximum atomic E-state index is 11.5. The third-order valence-electron chi connectivity index (χ3n) is 2.85. The van der Waals surface area contributed by atoms with Crippen LogP contribution in [0.3, 0.4) is 0 Å². The number of hydrogen-bond acceptors (Lipinski definition) is 5. The SMILES string of the molecule is NC1=CN=C(CNC2CCCC2)S1(=O)=O. The Hall–Kier alpha value is -0.880. The first-order valence-corrected chi connectivity index (χ1v) is 6.60. The summed E-state index contributed by atoms with van der Waals surface area (Å²) in [6.45, 7) is 0.296. The van der Waals surface area contributed by atoms with Gasteiger partial charge in [-0.3, -0.25) is 0 Å². The Labute approximate surface area is 89.4 Å². The zero-order valence-electron chi connectivity index (χ0n) is 8.44. The van der Waals surface area contributed by atoms with Gasteiger partial charge in [0.1, 0.15) is 0 Å². The van der Waals surface area contributed by atoms with Crippen LogP contribution < -0.4 is 11.1 Å². The summed E-state index contributed by atoms with van der Waals surface area (Å²) in [6.07, 6.45) is 5.89. The van der Waals surface area contributed by atoms with Crippen LogP contribution in [-0.2, 0) is 9.84 Å². The Morgan fingerprint density at radius 1 is 1.47 bits per heavy atom. The van der Waals surface area contributed by atoms with Crippen molar-refractivity contribution in [1.82, 2.24) is 5.32 Å². The molecular formula is C9H15N3O2S. The number of nitrogens with zero attached hydrogens (tertiary/aromatic N) is 1. The predicted octanol–water partition coefficient (Wildman–Crippen LogP) is 0.103.